The van der Waals surface area contributed by atoms with Crippen molar-refractivity contribution in [2.45, 2.75) is 63.7 Å². The number of phenols is 1. The van der Waals surface area contributed by atoms with E-state index in [0.717, 1.165) is 72.5 Å². The van der Waals surface area contributed by atoms with Crippen LogP contribution in [0.2, 0.25) is 0 Å². The van der Waals surface area contributed by atoms with Crippen LogP contribution >= 0.6 is 0 Å². The zero-order valence-corrected chi connectivity index (χ0v) is 35.5. The maximum Gasteiger partial charge on any atom is 0.149 e. The van der Waals surface area contributed by atoms with Crippen molar-refractivity contribution >= 4 is 11.0 Å². The summed E-state index contributed by atoms with van der Waals surface area (Å²) in [5.74, 6) is -0.508. The molecule has 9 aromatic rings. The Morgan fingerprint density at radius 2 is 1.16 bits per heavy atom. The smallest absolute Gasteiger partial charge is 0.149 e. The van der Waals surface area contributed by atoms with Gasteiger partial charge in [-0.2, -0.15) is 0 Å². The van der Waals surface area contributed by atoms with Crippen LogP contribution in [0, 0.1) is 0 Å². The number of hydrogen-bond donors (Lipinski definition) is 1. The molecule has 10 rings (SSSR count). The molecule has 1 fully saturated rings. The van der Waals surface area contributed by atoms with Gasteiger partial charge in [0, 0.05) is 25.6 Å². The van der Waals surface area contributed by atoms with Crippen LogP contribution in [0.5, 0.6) is 5.75 Å². The van der Waals surface area contributed by atoms with Crippen molar-refractivity contribution in [2.24, 2.45) is 0 Å². The van der Waals surface area contributed by atoms with Crippen LogP contribution in [-0.2, 0) is 5.41 Å². The second-order valence-corrected chi connectivity index (χ2v) is 17.5. The van der Waals surface area contributed by atoms with Gasteiger partial charge < -0.3 is 5.11 Å². The molecule has 62 heavy (non-hydrogen) atoms. The van der Waals surface area contributed by atoms with Crippen molar-refractivity contribution < 1.29 is 7.85 Å². The summed E-state index contributed by atoms with van der Waals surface area (Å²) in [6.45, 7) is 6.71. The van der Waals surface area contributed by atoms with E-state index < -0.39 is 11.8 Å². The zero-order valence-electron chi connectivity index (χ0n) is 37.5. The van der Waals surface area contributed by atoms with E-state index in [-0.39, 0.29) is 11.2 Å². The largest absolute Gasteiger partial charge is 0.507 e. The zero-order chi connectivity index (χ0) is 44.1. The first-order chi connectivity index (χ1) is 31.0. The van der Waals surface area contributed by atoms with Gasteiger partial charge in [-0.1, -0.05) is 154 Å². The SMILES string of the molecule is [2H]C1(c2ccccc2)CCC([2H])(c2ccc(-c3ccnc(-c4cccc(-c5cccc6c5nc(-c5ccccc5O)n6-c5ccc(C(C)(C)C)cc5-c5ccccc5)c4)c3)cc2)CC1. The number of fused-ring (bicyclic) bond motifs is 1. The van der Waals surface area contributed by atoms with Crippen LogP contribution < -0.4 is 0 Å². The standard InChI is InChI=1S/C58H51N3O/c1-58(2,3)48-32-33-53(51(38-48)44-16-8-5-9-17-44)61-54-22-13-21-49(56(54)60-57(61)50-20-10-11-23-55(50)62)46-18-12-19-47(36-46)52-37-45(34-35-59-52)43-30-28-42(29-31-43)41-26-24-40(25-27-41)39-14-6-4-7-15-39/h4-23,28-38,40-41,62H,24-27H2,1-3H3/i40D,41D. The summed E-state index contributed by atoms with van der Waals surface area (Å²) in [4.78, 5) is 10.2. The molecule has 0 spiro atoms. The van der Waals surface area contributed by atoms with Crippen molar-refractivity contribution in [3.8, 4) is 67.5 Å². The Morgan fingerprint density at radius 3 is 1.89 bits per heavy atom. The van der Waals surface area contributed by atoms with Gasteiger partial charge >= 0.3 is 0 Å². The Labute approximate surface area is 368 Å². The number of phenolic OH excluding ortho intramolecular Hbond substituents is 1. The highest BCUT2D eigenvalue weighted by Crippen LogP contribution is 2.43. The van der Waals surface area contributed by atoms with Crippen LogP contribution in [-0.4, -0.2) is 19.6 Å². The Hall–Kier alpha value is -7.04. The van der Waals surface area contributed by atoms with Gasteiger partial charge in [-0.15, -0.1) is 0 Å². The molecule has 1 N–H and O–H groups in total. The van der Waals surface area contributed by atoms with E-state index in [1.54, 1.807) is 6.07 Å². The van der Waals surface area contributed by atoms with Crippen LogP contribution in [0.15, 0.2) is 188 Å². The summed E-state index contributed by atoms with van der Waals surface area (Å²) in [5, 5.41) is 11.3. The summed E-state index contributed by atoms with van der Waals surface area (Å²) >= 11 is 0. The third kappa shape index (κ3) is 7.62. The third-order valence-electron chi connectivity index (χ3n) is 12.5. The van der Waals surface area contributed by atoms with Crippen LogP contribution in [0.25, 0.3) is 72.7 Å². The highest BCUT2D eigenvalue weighted by atomic mass is 16.3. The van der Waals surface area contributed by atoms with Gasteiger partial charge in [-0.3, -0.25) is 9.55 Å². The number of aromatic nitrogens is 3. The van der Waals surface area contributed by atoms with E-state index in [1.807, 2.05) is 54.7 Å². The highest BCUT2D eigenvalue weighted by molar-refractivity contribution is 5.97. The fourth-order valence-electron chi connectivity index (χ4n) is 9.08. The molecule has 1 aliphatic rings. The first-order valence-corrected chi connectivity index (χ1v) is 21.7. The molecular formula is C58H51N3O. The maximum atomic E-state index is 11.3. The van der Waals surface area contributed by atoms with Crippen LogP contribution in [0.1, 0.15) is 77.7 Å². The van der Waals surface area contributed by atoms with E-state index in [2.05, 4.69) is 153 Å². The van der Waals surface area contributed by atoms with Crippen molar-refractivity contribution in [3.63, 3.8) is 0 Å². The second-order valence-electron chi connectivity index (χ2n) is 17.5. The molecule has 0 saturated heterocycles. The minimum Gasteiger partial charge on any atom is -0.507 e. The number of nitrogens with zero attached hydrogens (tertiary/aromatic N) is 3. The van der Waals surface area contributed by atoms with Gasteiger partial charge in [-0.25, -0.2) is 4.98 Å². The average Bonchev–Trinajstić information content (AvgIpc) is 3.72. The molecule has 7 aromatic carbocycles. The molecule has 0 unspecified atom stereocenters. The van der Waals surface area contributed by atoms with Crippen LogP contribution in [0.3, 0.4) is 0 Å². The molecule has 4 nitrogen and oxygen atoms in total. The predicted octanol–water partition coefficient (Wildman–Crippen LogP) is 15.2. The number of aromatic hydroxyl groups is 1. The molecule has 0 amide bonds. The van der Waals surface area contributed by atoms with E-state index in [4.69, 9.17) is 9.97 Å². The Balaban J connectivity index is 1.00. The topological polar surface area (TPSA) is 50.9 Å². The fourth-order valence-corrected chi connectivity index (χ4v) is 9.08. The summed E-state index contributed by atoms with van der Waals surface area (Å²) in [7, 11) is 0. The first-order valence-electron chi connectivity index (χ1n) is 22.7. The van der Waals surface area contributed by atoms with E-state index in [9.17, 15) is 7.85 Å². The number of imidazole rings is 1. The first kappa shape index (κ1) is 36.8. The fraction of sp³-hybridized carbons (Fsp3) is 0.172. The lowest BCUT2D eigenvalue weighted by atomic mass is 9.76. The van der Waals surface area contributed by atoms with Gasteiger partial charge in [0.05, 0.1) is 28.0 Å². The molecule has 0 radical (unpaired) electrons. The van der Waals surface area contributed by atoms with Gasteiger partial charge in [-0.05, 0) is 130 Å². The lowest BCUT2D eigenvalue weighted by Gasteiger charge is -2.29. The normalized spacial score (nSPS) is 18.3. The summed E-state index contributed by atoms with van der Waals surface area (Å²) < 4.78 is 20.8. The Bertz CT molecular complexity index is 3120. The Kier molecular flexibility index (Phi) is 9.75. The minimum atomic E-state index is -0.705. The number of rotatable bonds is 8. The molecule has 0 aliphatic heterocycles. The molecular weight excluding hydrogens is 755 g/mol. The number of pyridine rings is 1. The number of benzene rings is 7. The van der Waals surface area contributed by atoms with Gasteiger partial charge in [0.1, 0.15) is 11.6 Å². The molecule has 0 bridgehead atoms. The number of para-hydroxylation sites is 2. The lowest BCUT2D eigenvalue weighted by molar-refractivity contribution is 0.396. The van der Waals surface area contributed by atoms with E-state index >= 15 is 0 Å². The van der Waals surface area contributed by atoms with Crippen molar-refractivity contribution in [1.29, 1.82) is 0 Å². The van der Waals surface area contributed by atoms with Crippen molar-refractivity contribution in [1.82, 2.24) is 14.5 Å². The minimum absolute atomic E-state index is 0.0571. The maximum absolute atomic E-state index is 11.3. The van der Waals surface area contributed by atoms with E-state index in [1.165, 1.54) is 5.56 Å². The summed E-state index contributed by atoms with van der Waals surface area (Å²) in [6, 6.07) is 62.2. The molecule has 2 aromatic heterocycles. The van der Waals surface area contributed by atoms with Crippen LogP contribution in [0.4, 0.5) is 0 Å². The molecule has 4 heteroatoms. The molecule has 0 atom stereocenters. The Morgan fingerprint density at radius 1 is 0.532 bits per heavy atom. The molecule has 1 aliphatic carbocycles. The summed E-state index contributed by atoms with van der Waals surface area (Å²) in [6.07, 6.45) is 4.52. The van der Waals surface area contributed by atoms with Gasteiger partial charge in [0.15, 0.2) is 0 Å². The van der Waals surface area contributed by atoms with Crippen molar-refractivity contribution in [3.05, 3.63) is 205 Å². The summed E-state index contributed by atoms with van der Waals surface area (Å²) in [5.41, 5.74) is 14.8. The second kappa shape index (κ2) is 16.4. The van der Waals surface area contributed by atoms with Gasteiger partial charge in [0.2, 0.25) is 0 Å². The molecule has 1 saturated carbocycles. The quantitative estimate of drug-likeness (QED) is 0.166. The van der Waals surface area contributed by atoms with Gasteiger partial charge in [0.25, 0.3) is 0 Å². The van der Waals surface area contributed by atoms with E-state index in [0.29, 0.717) is 37.1 Å². The average molecular weight is 808 g/mol. The monoisotopic (exact) mass is 807 g/mol. The molecule has 304 valence electrons. The molecule has 2 heterocycles. The third-order valence-corrected chi connectivity index (χ3v) is 12.5. The number of hydrogen-bond acceptors (Lipinski definition) is 3. The predicted molar refractivity (Wildman–Crippen MR) is 257 cm³/mol. The lowest BCUT2D eigenvalue weighted by Crippen LogP contribution is -2.12. The van der Waals surface area contributed by atoms with Crippen molar-refractivity contribution in [2.75, 3.05) is 0 Å². The highest BCUT2D eigenvalue weighted by Gasteiger charge is 2.25.